The molecule has 0 spiro atoms. The predicted octanol–water partition coefficient (Wildman–Crippen LogP) is 6.03. The summed E-state index contributed by atoms with van der Waals surface area (Å²) in [7, 11) is 0. The molecule has 208 valence electrons. The van der Waals surface area contributed by atoms with E-state index in [1.807, 2.05) is 24.3 Å². The second-order valence-electron chi connectivity index (χ2n) is 9.65. The Hall–Kier alpha value is -5.35. The highest BCUT2D eigenvalue weighted by Gasteiger charge is 2.44. The molecule has 42 heavy (non-hydrogen) atoms. The molecule has 0 radical (unpaired) electrons. The fraction of sp³-hybridized carbons (Fsp3) is 0.0968. The molecule has 1 fully saturated rings. The maximum atomic E-state index is 13.7. The summed E-state index contributed by atoms with van der Waals surface area (Å²) in [5, 5.41) is 11.5. The molecule has 0 N–H and O–H groups in total. The minimum absolute atomic E-state index is 0.0519. The molecule has 1 saturated heterocycles. The zero-order valence-electron chi connectivity index (χ0n) is 21.8. The van der Waals surface area contributed by atoms with Crippen molar-refractivity contribution in [1.82, 2.24) is 9.88 Å². The number of nitro benzene ring substituents is 1. The van der Waals surface area contributed by atoms with Gasteiger partial charge >= 0.3 is 0 Å². The van der Waals surface area contributed by atoms with Crippen molar-refractivity contribution < 1.29 is 23.7 Å². The first-order valence-corrected chi connectivity index (χ1v) is 13.3. The van der Waals surface area contributed by atoms with Crippen LogP contribution in [0, 0.1) is 10.1 Å². The maximum absolute atomic E-state index is 13.7. The predicted molar refractivity (Wildman–Crippen MR) is 155 cm³/mol. The average Bonchev–Trinajstić information content (AvgIpc) is 3.56. The summed E-state index contributed by atoms with van der Waals surface area (Å²) in [6.45, 7) is -0.0519. The summed E-state index contributed by atoms with van der Waals surface area (Å²) in [4.78, 5) is 58.0. The number of carbonyl (C=O) groups excluding carboxylic acids is 3. The van der Waals surface area contributed by atoms with Crippen LogP contribution in [0.3, 0.4) is 0 Å². The fourth-order valence-electron chi connectivity index (χ4n) is 4.90. The Morgan fingerprint density at radius 3 is 2.36 bits per heavy atom. The van der Waals surface area contributed by atoms with Crippen LogP contribution in [0.25, 0.3) is 22.6 Å². The van der Waals surface area contributed by atoms with Crippen molar-refractivity contribution in [3.8, 4) is 11.5 Å². The van der Waals surface area contributed by atoms with E-state index in [0.717, 1.165) is 4.90 Å². The molecule has 5 aromatic rings. The van der Waals surface area contributed by atoms with Gasteiger partial charge in [0.1, 0.15) is 11.6 Å². The van der Waals surface area contributed by atoms with Crippen LogP contribution in [-0.2, 0) is 16.1 Å². The summed E-state index contributed by atoms with van der Waals surface area (Å²) in [5.41, 5.74) is 2.89. The van der Waals surface area contributed by atoms with Crippen LogP contribution < -0.4 is 4.90 Å². The van der Waals surface area contributed by atoms with Crippen molar-refractivity contribution in [2.45, 2.75) is 19.0 Å². The highest BCUT2D eigenvalue weighted by molar-refractivity contribution is 6.31. The van der Waals surface area contributed by atoms with E-state index in [1.54, 1.807) is 48.5 Å². The van der Waals surface area contributed by atoms with E-state index in [1.165, 1.54) is 29.2 Å². The number of carbonyl (C=O) groups is 3. The van der Waals surface area contributed by atoms with Gasteiger partial charge in [-0.2, -0.15) is 0 Å². The molecule has 2 heterocycles. The van der Waals surface area contributed by atoms with E-state index in [4.69, 9.17) is 16.0 Å². The largest absolute Gasteiger partial charge is 0.436 e. The quantitative estimate of drug-likeness (QED) is 0.131. The molecule has 3 amide bonds. The Balaban J connectivity index is 1.30. The third-order valence-corrected chi connectivity index (χ3v) is 7.42. The maximum Gasteiger partial charge on any atom is 0.269 e. The number of fused-ring (bicyclic) bond motifs is 1. The molecule has 4 aromatic carbocycles. The van der Waals surface area contributed by atoms with Crippen LogP contribution in [0.2, 0.25) is 5.02 Å². The lowest BCUT2D eigenvalue weighted by Gasteiger charge is -2.28. The monoisotopic (exact) mass is 580 g/mol. The third kappa shape index (κ3) is 4.99. The van der Waals surface area contributed by atoms with Crippen LogP contribution in [0.15, 0.2) is 101 Å². The SMILES string of the molecule is O=C1CC(N(Cc2ccccc2Cl)C(=O)c2ccc([N+](=O)[O-])cc2)C(=O)N1c1ccc(-c2nc3ccccc3o2)cc1. The summed E-state index contributed by atoms with van der Waals surface area (Å²) in [5.74, 6) is -1.21. The Labute approximate surface area is 243 Å². The van der Waals surface area contributed by atoms with Gasteiger partial charge in [-0.1, -0.05) is 41.9 Å². The number of imide groups is 1. The zero-order valence-corrected chi connectivity index (χ0v) is 22.6. The van der Waals surface area contributed by atoms with Crippen molar-refractivity contribution in [3.05, 3.63) is 123 Å². The average molecular weight is 581 g/mol. The van der Waals surface area contributed by atoms with Gasteiger partial charge in [0.05, 0.1) is 17.0 Å². The van der Waals surface area contributed by atoms with Gasteiger partial charge in [-0.25, -0.2) is 9.88 Å². The number of halogens is 1. The number of para-hydroxylation sites is 2. The van der Waals surface area contributed by atoms with Gasteiger partial charge in [0.25, 0.3) is 17.5 Å². The van der Waals surface area contributed by atoms with Gasteiger partial charge in [-0.05, 0) is 60.2 Å². The topological polar surface area (TPSA) is 127 Å². The van der Waals surface area contributed by atoms with Gasteiger partial charge in [0, 0.05) is 34.8 Å². The molecule has 1 aliphatic heterocycles. The van der Waals surface area contributed by atoms with Crippen LogP contribution >= 0.6 is 11.6 Å². The number of rotatable bonds is 7. The molecule has 0 aliphatic carbocycles. The van der Waals surface area contributed by atoms with Gasteiger partial charge in [0.15, 0.2) is 5.58 Å². The lowest BCUT2D eigenvalue weighted by atomic mass is 10.1. The van der Waals surface area contributed by atoms with E-state index in [9.17, 15) is 24.5 Å². The highest BCUT2D eigenvalue weighted by Crippen LogP contribution is 2.31. The Bertz CT molecular complexity index is 1820. The standard InChI is InChI=1S/C31H21ClN4O6/c32-24-6-2-1-5-21(24)18-34(30(38)20-11-15-23(16-12-20)36(40)41)26-17-28(37)35(31(26)39)22-13-9-19(10-14-22)29-33-25-7-3-4-8-27(25)42-29/h1-16,26H,17-18H2. The van der Waals surface area contributed by atoms with Crippen molar-refractivity contribution in [1.29, 1.82) is 0 Å². The number of anilines is 1. The van der Waals surface area contributed by atoms with Crippen molar-refractivity contribution in [2.75, 3.05) is 4.90 Å². The number of non-ortho nitro benzene ring substituents is 1. The molecule has 1 aromatic heterocycles. The molecular weight excluding hydrogens is 560 g/mol. The molecule has 0 saturated carbocycles. The summed E-state index contributed by atoms with van der Waals surface area (Å²) < 4.78 is 5.81. The first-order valence-electron chi connectivity index (χ1n) is 12.9. The molecule has 11 heteroatoms. The van der Waals surface area contributed by atoms with Gasteiger partial charge < -0.3 is 9.32 Å². The van der Waals surface area contributed by atoms with E-state index in [0.29, 0.717) is 38.8 Å². The van der Waals surface area contributed by atoms with E-state index < -0.39 is 28.7 Å². The molecule has 6 rings (SSSR count). The Morgan fingerprint density at radius 2 is 1.67 bits per heavy atom. The zero-order chi connectivity index (χ0) is 29.4. The lowest BCUT2D eigenvalue weighted by Crippen LogP contribution is -2.45. The highest BCUT2D eigenvalue weighted by atomic mass is 35.5. The first kappa shape index (κ1) is 26.9. The van der Waals surface area contributed by atoms with Gasteiger partial charge in [-0.3, -0.25) is 24.5 Å². The second kappa shape index (κ2) is 10.9. The van der Waals surface area contributed by atoms with E-state index in [-0.39, 0.29) is 24.2 Å². The lowest BCUT2D eigenvalue weighted by molar-refractivity contribution is -0.384. The second-order valence-corrected chi connectivity index (χ2v) is 10.1. The summed E-state index contributed by atoms with van der Waals surface area (Å²) >= 11 is 6.37. The summed E-state index contributed by atoms with van der Waals surface area (Å²) in [6.07, 6.45) is -0.241. The number of benzene rings is 4. The normalized spacial score (nSPS) is 14.9. The Kier molecular flexibility index (Phi) is 6.97. The fourth-order valence-corrected chi connectivity index (χ4v) is 5.10. The minimum atomic E-state index is -1.12. The molecule has 0 bridgehead atoms. The van der Waals surface area contributed by atoms with Crippen molar-refractivity contribution in [3.63, 3.8) is 0 Å². The molecule has 1 aliphatic rings. The van der Waals surface area contributed by atoms with Crippen LogP contribution in [0.1, 0.15) is 22.3 Å². The van der Waals surface area contributed by atoms with Crippen LogP contribution in [-0.4, -0.2) is 38.6 Å². The molecular formula is C31H21ClN4O6. The van der Waals surface area contributed by atoms with E-state index in [2.05, 4.69) is 4.98 Å². The smallest absolute Gasteiger partial charge is 0.269 e. The van der Waals surface area contributed by atoms with E-state index >= 15 is 0 Å². The number of aromatic nitrogens is 1. The molecule has 1 unspecified atom stereocenters. The number of nitrogens with zero attached hydrogens (tertiary/aromatic N) is 4. The number of amides is 3. The number of hydrogen-bond donors (Lipinski definition) is 0. The number of hydrogen-bond acceptors (Lipinski definition) is 7. The number of oxazole rings is 1. The number of nitro groups is 1. The van der Waals surface area contributed by atoms with Gasteiger partial charge in [-0.15, -0.1) is 0 Å². The first-order chi connectivity index (χ1) is 20.3. The Morgan fingerprint density at radius 1 is 0.976 bits per heavy atom. The molecule has 1 atom stereocenters. The molecule has 10 nitrogen and oxygen atoms in total. The third-order valence-electron chi connectivity index (χ3n) is 7.05. The van der Waals surface area contributed by atoms with Gasteiger partial charge in [0.2, 0.25) is 11.8 Å². The van der Waals surface area contributed by atoms with Crippen LogP contribution in [0.5, 0.6) is 0 Å². The van der Waals surface area contributed by atoms with Crippen molar-refractivity contribution in [2.24, 2.45) is 0 Å². The van der Waals surface area contributed by atoms with Crippen molar-refractivity contribution >= 4 is 51.8 Å². The van der Waals surface area contributed by atoms with Crippen LogP contribution in [0.4, 0.5) is 11.4 Å². The summed E-state index contributed by atoms with van der Waals surface area (Å²) in [6, 6.07) is 24.9. The minimum Gasteiger partial charge on any atom is -0.436 e.